The number of sulfonamides is 1. The van der Waals surface area contributed by atoms with Gasteiger partial charge in [-0.1, -0.05) is 51.1 Å². The van der Waals surface area contributed by atoms with Crippen molar-refractivity contribution in [2.24, 2.45) is 0 Å². The molecule has 0 spiro atoms. The van der Waals surface area contributed by atoms with Gasteiger partial charge in [0.1, 0.15) is 23.9 Å². The van der Waals surface area contributed by atoms with Gasteiger partial charge < -0.3 is 14.8 Å². The number of rotatable bonds is 12. The SMILES string of the molecule is CC(C)(C)c1ccc(OCCNC(=O)CCCN(c2ccc(Oc3ccccc3)cc2)S(C)(=O)=O)cc1. The highest BCUT2D eigenvalue weighted by atomic mass is 32.2. The topological polar surface area (TPSA) is 84.9 Å². The predicted octanol–water partition coefficient (Wildman–Crippen LogP) is 5.52. The summed E-state index contributed by atoms with van der Waals surface area (Å²) < 4.78 is 37.5. The van der Waals surface area contributed by atoms with E-state index in [1.165, 1.54) is 9.87 Å². The van der Waals surface area contributed by atoms with Crippen molar-refractivity contribution in [1.29, 1.82) is 0 Å². The fourth-order valence-electron chi connectivity index (χ4n) is 3.67. The van der Waals surface area contributed by atoms with Crippen LogP contribution in [0.15, 0.2) is 78.9 Å². The quantitative estimate of drug-likeness (QED) is 0.316. The van der Waals surface area contributed by atoms with Crippen LogP contribution in [0.1, 0.15) is 39.2 Å². The molecule has 3 aromatic rings. The first-order chi connectivity index (χ1) is 17.5. The van der Waals surface area contributed by atoms with Crippen molar-refractivity contribution in [3.8, 4) is 17.2 Å². The highest BCUT2D eigenvalue weighted by molar-refractivity contribution is 7.92. The number of hydrogen-bond acceptors (Lipinski definition) is 5. The largest absolute Gasteiger partial charge is 0.492 e. The number of ether oxygens (including phenoxy) is 2. The fourth-order valence-corrected chi connectivity index (χ4v) is 4.64. The molecule has 0 atom stereocenters. The van der Waals surface area contributed by atoms with Gasteiger partial charge in [-0.25, -0.2) is 8.42 Å². The standard InChI is InChI=1S/C29H36N2O5S/c1-29(2,3)23-12-16-25(17-13-23)35-22-20-30-28(32)11-8-21-31(37(4,33)34)24-14-18-27(19-15-24)36-26-9-6-5-7-10-26/h5-7,9-10,12-19H,8,11,20-22H2,1-4H3,(H,30,32). The van der Waals surface area contributed by atoms with E-state index in [2.05, 4.69) is 26.1 Å². The monoisotopic (exact) mass is 524 g/mol. The molecular weight excluding hydrogens is 488 g/mol. The summed E-state index contributed by atoms with van der Waals surface area (Å²) in [6.07, 6.45) is 1.75. The lowest BCUT2D eigenvalue weighted by molar-refractivity contribution is -0.121. The van der Waals surface area contributed by atoms with Gasteiger partial charge in [0.05, 0.1) is 18.5 Å². The van der Waals surface area contributed by atoms with E-state index in [9.17, 15) is 13.2 Å². The van der Waals surface area contributed by atoms with Crippen LogP contribution in [0.3, 0.4) is 0 Å². The van der Waals surface area contributed by atoms with E-state index in [4.69, 9.17) is 9.47 Å². The van der Waals surface area contributed by atoms with Crippen LogP contribution < -0.4 is 19.1 Å². The molecule has 0 bridgehead atoms. The number of hydrogen-bond donors (Lipinski definition) is 1. The van der Waals surface area contributed by atoms with Gasteiger partial charge in [0.2, 0.25) is 15.9 Å². The van der Waals surface area contributed by atoms with E-state index in [0.29, 0.717) is 36.8 Å². The Labute approximate surface area is 220 Å². The van der Waals surface area contributed by atoms with E-state index in [1.54, 1.807) is 24.3 Å². The van der Waals surface area contributed by atoms with Gasteiger partial charge in [-0.2, -0.15) is 0 Å². The normalized spacial score (nSPS) is 11.6. The highest BCUT2D eigenvalue weighted by Gasteiger charge is 2.18. The smallest absolute Gasteiger partial charge is 0.232 e. The van der Waals surface area contributed by atoms with E-state index >= 15 is 0 Å². The molecule has 0 saturated heterocycles. The molecule has 8 heteroatoms. The molecular formula is C29H36N2O5S. The molecule has 0 aliphatic heterocycles. The molecule has 1 amide bonds. The Hall–Kier alpha value is -3.52. The first kappa shape index (κ1) is 28.1. The third-order valence-electron chi connectivity index (χ3n) is 5.68. The molecule has 3 aromatic carbocycles. The van der Waals surface area contributed by atoms with Crippen molar-refractivity contribution in [2.45, 2.75) is 39.0 Å². The minimum atomic E-state index is -3.51. The Morgan fingerprint density at radius 3 is 2.05 bits per heavy atom. The van der Waals surface area contributed by atoms with Crippen LogP contribution in [0.4, 0.5) is 5.69 Å². The summed E-state index contributed by atoms with van der Waals surface area (Å²) in [5.41, 5.74) is 1.83. The number of para-hydroxylation sites is 1. The van der Waals surface area contributed by atoms with Crippen LogP contribution in [-0.4, -0.2) is 40.3 Å². The van der Waals surface area contributed by atoms with Gasteiger partial charge >= 0.3 is 0 Å². The molecule has 7 nitrogen and oxygen atoms in total. The third kappa shape index (κ3) is 9.13. The van der Waals surface area contributed by atoms with Crippen LogP contribution in [-0.2, 0) is 20.2 Å². The number of nitrogens with zero attached hydrogens (tertiary/aromatic N) is 1. The molecule has 0 fully saturated rings. The molecule has 37 heavy (non-hydrogen) atoms. The molecule has 3 rings (SSSR count). The maximum atomic E-state index is 12.4. The molecule has 1 N–H and O–H groups in total. The molecule has 0 aromatic heterocycles. The Bertz CT molecular complexity index is 1240. The number of carbonyl (C=O) groups is 1. The van der Waals surface area contributed by atoms with Crippen molar-refractivity contribution in [3.05, 3.63) is 84.4 Å². The van der Waals surface area contributed by atoms with Crippen LogP contribution in [0.2, 0.25) is 0 Å². The van der Waals surface area contributed by atoms with Gasteiger partial charge in [-0.15, -0.1) is 0 Å². The van der Waals surface area contributed by atoms with Crippen LogP contribution >= 0.6 is 0 Å². The average molecular weight is 525 g/mol. The number of anilines is 1. The summed E-state index contributed by atoms with van der Waals surface area (Å²) in [4.78, 5) is 12.2. The minimum absolute atomic E-state index is 0.0828. The van der Waals surface area contributed by atoms with E-state index < -0.39 is 10.0 Å². The van der Waals surface area contributed by atoms with Gasteiger partial charge in [0.15, 0.2) is 0 Å². The summed E-state index contributed by atoms with van der Waals surface area (Å²) in [5, 5.41) is 2.82. The lowest BCUT2D eigenvalue weighted by Crippen LogP contribution is -2.32. The van der Waals surface area contributed by atoms with E-state index in [-0.39, 0.29) is 24.3 Å². The highest BCUT2D eigenvalue weighted by Crippen LogP contribution is 2.26. The van der Waals surface area contributed by atoms with Crippen molar-refractivity contribution >= 4 is 21.6 Å². The van der Waals surface area contributed by atoms with Crippen LogP contribution in [0, 0.1) is 0 Å². The van der Waals surface area contributed by atoms with Crippen LogP contribution in [0.5, 0.6) is 17.2 Å². The zero-order valence-corrected chi connectivity index (χ0v) is 22.8. The summed E-state index contributed by atoms with van der Waals surface area (Å²) in [7, 11) is -3.51. The van der Waals surface area contributed by atoms with Gasteiger partial charge in [0.25, 0.3) is 0 Å². The second kappa shape index (κ2) is 12.6. The molecule has 0 radical (unpaired) electrons. The lowest BCUT2D eigenvalue weighted by Gasteiger charge is -2.22. The lowest BCUT2D eigenvalue weighted by atomic mass is 9.87. The summed E-state index contributed by atoms with van der Waals surface area (Å²) in [6, 6.07) is 24.2. The van der Waals surface area contributed by atoms with E-state index in [1.807, 2.05) is 54.6 Å². The summed E-state index contributed by atoms with van der Waals surface area (Å²) >= 11 is 0. The second-order valence-electron chi connectivity index (χ2n) is 9.82. The zero-order chi connectivity index (χ0) is 26.9. The molecule has 0 aliphatic carbocycles. The molecule has 198 valence electrons. The maximum absolute atomic E-state index is 12.4. The molecule has 0 aliphatic rings. The minimum Gasteiger partial charge on any atom is -0.492 e. The Balaban J connectivity index is 1.42. The first-order valence-electron chi connectivity index (χ1n) is 12.3. The van der Waals surface area contributed by atoms with E-state index in [0.717, 1.165) is 12.0 Å². The van der Waals surface area contributed by atoms with Crippen molar-refractivity contribution in [3.63, 3.8) is 0 Å². The molecule has 0 saturated carbocycles. The van der Waals surface area contributed by atoms with Gasteiger partial charge in [-0.3, -0.25) is 9.10 Å². The first-order valence-corrected chi connectivity index (χ1v) is 14.2. The Morgan fingerprint density at radius 1 is 0.865 bits per heavy atom. The Morgan fingerprint density at radius 2 is 1.46 bits per heavy atom. The second-order valence-corrected chi connectivity index (χ2v) is 11.7. The third-order valence-corrected chi connectivity index (χ3v) is 6.88. The number of nitrogens with one attached hydrogen (secondary N) is 1. The summed E-state index contributed by atoms with van der Waals surface area (Å²) in [5.74, 6) is 1.91. The van der Waals surface area contributed by atoms with Gasteiger partial charge in [0, 0.05) is 13.0 Å². The van der Waals surface area contributed by atoms with Crippen molar-refractivity contribution in [1.82, 2.24) is 5.32 Å². The fraction of sp³-hybridized carbons (Fsp3) is 0.345. The Kier molecular flexibility index (Phi) is 9.58. The number of benzene rings is 3. The van der Waals surface area contributed by atoms with Crippen molar-refractivity contribution < 1.29 is 22.7 Å². The zero-order valence-electron chi connectivity index (χ0n) is 21.9. The molecule has 0 unspecified atom stereocenters. The summed E-state index contributed by atoms with van der Waals surface area (Å²) in [6.45, 7) is 7.40. The number of amides is 1. The van der Waals surface area contributed by atoms with Crippen LogP contribution in [0.25, 0.3) is 0 Å². The average Bonchev–Trinajstić information content (AvgIpc) is 2.85. The van der Waals surface area contributed by atoms with Crippen molar-refractivity contribution in [2.75, 3.05) is 30.3 Å². The molecule has 0 heterocycles. The maximum Gasteiger partial charge on any atom is 0.232 e. The van der Waals surface area contributed by atoms with Gasteiger partial charge in [-0.05, 0) is 65.9 Å². The number of carbonyl (C=O) groups excluding carboxylic acids is 1. The predicted molar refractivity (Wildman–Crippen MR) is 148 cm³/mol.